The average Bonchev–Trinajstić information content (AvgIpc) is 3.05. The van der Waals surface area contributed by atoms with Crippen molar-refractivity contribution in [3.63, 3.8) is 0 Å². The van der Waals surface area contributed by atoms with Crippen LogP contribution < -0.4 is 10.5 Å². The molecule has 27 heavy (non-hydrogen) atoms. The summed E-state index contributed by atoms with van der Waals surface area (Å²) in [6.07, 6.45) is 4.42. The smallest absolute Gasteiger partial charge is 0.251 e. The van der Waals surface area contributed by atoms with Crippen molar-refractivity contribution in [1.82, 2.24) is 9.55 Å². The first-order valence-corrected chi connectivity index (χ1v) is 9.89. The molecule has 0 saturated heterocycles. The Morgan fingerprint density at radius 3 is 2.70 bits per heavy atom. The fourth-order valence-electron chi connectivity index (χ4n) is 3.47. The third kappa shape index (κ3) is 4.50. The number of carbonyl (C=O) groups excluding carboxylic acids is 1. The highest BCUT2D eigenvalue weighted by atomic mass is 79.9. The van der Waals surface area contributed by atoms with Crippen LogP contribution in [-0.2, 0) is 11.3 Å². The number of carbonyl (C=O) groups is 1. The average molecular weight is 430 g/mol. The number of aromatic amines is 1. The molecular formula is C21H24BrN3O2. The van der Waals surface area contributed by atoms with Crippen molar-refractivity contribution in [2.75, 3.05) is 4.90 Å². The first-order chi connectivity index (χ1) is 12.8. The molecule has 0 aliphatic rings. The van der Waals surface area contributed by atoms with E-state index in [4.69, 9.17) is 0 Å². The summed E-state index contributed by atoms with van der Waals surface area (Å²) in [4.78, 5) is 30.3. The summed E-state index contributed by atoms with van der Waals surface area (Å²) in [5, 5.41) is 1.06. The molecular weight excluding hydrogens is 406 g/mol. The monoisotopic (exact) mass is 429 g/mol. The predicted octanol–water partition coefficient (Wildman–Crippen LogP) is 4.56. The van der Waals surface area contributed by atoms with Crippen LogP contribution in [0.15, 0.2) is 58.1 Å². The second-order valence-corrected chi connectivity index (χ2v) is 8.22. The molecule has 0 aliphatic heterocycles. The van der Waals surface area contributed by atoms with Gasteiger partial charge in [-0.05, 0) is 65.5 Å². The highest BCUT2D eigenvalue weighted by Crippen LogP contribution is 2.25. The first kappa shape index (κ1) is 19.4. The predicted molar refractivity (Wildman–Crippen MR) is 113 cm³/mol. The van der Waals surface area contributed by atoms with Gasteiger partial charge < -0.3 is 14.5 Å². The molecule has 1 N–H and O–H groups in total. The molecule has 6 heteroatoms. The molecule has 2 heterocycles. The minimum Gasteiger partial charge on any atom is -0.361 e. The normalized spacial score (nSPS) is 12.5. The molecule has 0 spiro atoms. The summed E-state index contributed by atoms with van der Waals surface area (Å²) >= 11 is 3.36. The van der Waals surface area contributed by atoms with E-state index in [9.17, 15) is 9.59 Å². The van der Waals surface area contributed by atoms with Crippen molar-refractivity contribution in [2.45, 2.75) is 39.8 Å². The van der Waals surface area contributed by atoms with E-state index >= 15 is 0 Å². The molecule has 0 saturated carbocycles. The fourth-order valence-corrected chi connectivity index (χ4v) is 3.85. The maximum Gasteiger partial charge on any atom is 0.251 e. The van der Waals surface area contributed by atoms with E-state index in [1.165, 1.54) is 10.6 Å². The SMILES string of the molecule is CC(C)CC(C)N(C(=O)Cn1cc(Br)ccc1=O)c1ccc2[nH]ccc2c1. The van der Waals surface area contributed by atoms with Gasteiger partial charge in [-0.2, -0.15) is 0 Å². The molecule has 0 fully saturated rings. The molecule has 3 rings (SSSR count). The van der Waals surface area contributed by atoms with Crippen LogP contribution in [0, 0.1) is 5.92 Å². The van der Waals surface area contributed by atoms with Gasteiger partial charge in [-0.15, -0.1) is 0 Å². The van der Waals surface area contributed by atoms with Gasteiger partial charge in [0.05, 0.1) is 0 Å². The number of pyridine rings is 1. The highest BCUT2D eigenvalue weighted by molar-refractivity contribution is 9.10. The van der Waals surface area contributed by atoms with Gasteiger partial charge in [0, 0.05) is 45.6 Å². The van der Waals surface area contributed by atoms with E-state index in [-0.39, 0.29) is 24.1 Å². The zero-order valence-electron chi connectivity index (χ0n) is 15.8. The minimum atomic E-state index is -0.191. The number of benzene rings is 1. The topological polar surface area (TPSA) is 58.1 Å². The first-order valence-electron chi connectivity index (χ1n) is 9.10. The van der Waals surface area contributed by atoms with Gasteiger partial charge in [0.25, 0.3) is 5.56 Å². The van der Waals surface area contributed by atoms with Crippen LogP contribution in [0.1, 0.15) is 27.2 Å². The van der Waals surface area contributed by atoms with Crippen molar-refractivity contribution in [2.24, 2.45) is 5.92 Å². The quantitative estimate of drug-likeness (QED) is 0.624. The van der Waals surface area contributed by atoms with E-state index < -0.39 is 0 Å². The fraction of sp³-hybridized carbons (Fsp3) is 0.333. The van der Waals surface area contributed by atoms with Crippen molar-refractivity contribution < 1.29 is 4.79 Å². The van der Waals surface area contributed by atoms with Crippen molar-refractivity contribution in [3.05, 3.63) is 63.6 Å². The number of aromatic nitrogens is 2. The Balaban J connectivity index is 1.96. The van der Waals surface area contributed by atoms with Crippen LogP contribution in [0.5, 0.6) is 0 Å². The van der Waals surface area contributed by atoms with Gasteiger partial charge in [-0.3, -0.25) is 9.59 Å². The van der Waals surface area contributed by atoms with E-state index in [2.05, 4.69) is 41.7 Å². The number of hydrogen-bond donors (Lipinski definition) is 1. The van der Waals surface area contributed by atoms with Crippen LogP contribution in [0.2, 0.25) is 0 Å². The number of nitrogens with one attached hydrogen (secondary N) is 1. The van der Waals surface area contributed by atoms with Gasteiger partial charge in [0.15, 0.2) is 0 Å². The number of rotatable bonds is 6. The summed E-state index contributed by atoms with van der Waals surface area (Å²) < 4.78 is 2.21. The second kappa shape index (κ2) is 8.13. The Morgan fingerprint density at radius 1 is 1.19 bits per heavy atom. The summed E-state index contributed by atoms with van der Waals surface area (Å²) in [5.74, 6) is 0.359. The Hall–Kier alpha value is -2.34. The van der Waals surface area contributed by atoms with Crippen molar-refractivity contribution in [3.8, 4) is 0 Å². The number of hydrogen-bond acceptors (Lipinski definition) is 2. The molecule has 3 aromatic rings. The highest BCUT2D eigenvalue weighted by Gasteiger charge is 2.23. The molecule has 1 atom stereocenters. The maximum absolute atomic E-state index is 13.2. The molecule has 5 nitrogen and oxygen atoms in total. The lowest BCUT2D eigenvalue weighted by atomic mass is 10.0. The maximum atomic E-state index is 13.2. The largest absolute Gasteiger partial charge is 0.361 e. The van der Waals surface area contributed by atoms with Crippen molar-refractivity contribution in [1.29, 1.82) is 0 Å². The lowest BCUT2D eigenvalue weighted by Gasteiger charge is -2.31. The number of fused-ring (bicyclic) bond motifs is 1. The van der Waals surface area contributed by atoms with Gasteiger partial charge in [-0.25, -0.2) is 0 Å². The number of halogens is 1. The molecule has 0 aliphatic carbocycles. The van der Waals surface area contributed by atoms with E-state index in [1.54, 1.807) is 12.3 Å². The van der Waals surface area contributed by atoms with Gasteiger partial charge in [0.2, 0.25) is 5.91 Å². The number of nitrogens with zero attached hydrogens (tertiary/aromatic N) is 2. The lowest BCUT2D eigenvalue weighted by molar-refractivity contribution is -0.119. The Labute approximate surface area is 167 Å². The van der Waals surface area contributed by atoms with E-state index in [0.717, 1.165) is 27.5 Å². The standard InChI is InChI=1S/C21H24BrN3O2/c1-14(2)10-15(3)25(18-5-6-19-16(11-18)8-9-23-19)21(27)13-24-12-17(22)4-7-20(24)26/h4-9,11-12,14-15,23H,10,13H2,1-3H3. The number of anilines is 1. The van der Waals surface area contributed by atoms with Gasteiger partial charge >= 0.3 is 0 Å². The molecule has 1 aromatic carbocycles. The zero-order valence-corrected chi connectivity index (χ0v) is 17.4. The minimum absolute atomic E-state index is 0.00584. The lowest BCUT2D eigenvalue weighted by Crippen LogP contribution is -2.42. The Kier molecular flexibility index (Phi) is 5.85. The Morgan fingerprint density at radius 2 is 1.96 bits per heavy atom. The third-order valence-electron chi connectivity index (χ3n) is 4.59. The third-order valence-corrected chi connectivity index (χ3v) is 5.06. The molecule has 2 aromatic heterocycles. The van der Waals surface area contributed by atoms with E-state index in [1.807, 2.05) is 35.4 Å². The second-order valence-electron chi connectivity index (χ2n) is 7.30. The van der Waals surface area contributed by atoms with Gasteiger partial charge in [-0.1, -0.05) is 13.8 Å². The molecule has 1 amide bonds. The molecule has 142 valence electrons. The summed E-state index contributed by atoms with van der Waals surface area (Å²) in [7, 11) is 0. The van der Waals surface area contributed by atoms with Crippen molar-refractivity contribution >= 4 is 38.4 Å². The zero-order chi connectivity index (χ0) is 19.6. The molecule has 0 bridgehead atoms. The van der Waals surface area contributed by atoms with Crippen LogP contribution in [-0.4, -0.2) is 21.5 Å². The van der Waals surface area contributed by atoms with Crippen LogP contribution in [0.4, 0.5) is 5.69 Å². The number of H-pyrrole nitrogens is 1. The summed E-state index contributed by atoms with van der Waals surface area (Å²) in [6.45, 7) is 6.36. The van der Waals surface area contributed by atoms with E-state index in [0.29, 0.717) is 5.92 Å². The van der Waals surface area contributed by atoms with Crippen LogP contribution >= 0.6 is 15.9 Å². The summed E-state index contributed by atoms with van der Waals surface area (Å²) in [5.41, 5.74) is 1.69. The summed E-state index contributed by atoms with van der Waals surface area (Å²) in [6, 6.07) is 11.1. The Bertz CT molecular complexity index is 1010. The molecule has 1 unspecified atom stereocenters. The number of amides is 1. The van der Waals surface area contributed by atoms with Gasteiger partial charge in [0.1, 0.15) is 6.54 Å². The van der Waals surface area contributed by atoms with Crippen LogP contribution in [0.3, 0.4) is 0 Å². The molecule has 0 radical (unpaired) electrons. The van der Waals surface area contributed by atoms with Crippen LogP contribution in [0.25, 0.3) is 10.9 Å².